The second-order valence-electron chi connectivity index (χ2n) is 5.95. The maximum absolute atomic E-state index is 12.5. The van der Waals surface area contributed by atoms with E-state index in [4.69, 9.17) is 0 Å². The summed E-state index contributed by atoms with van der Waals surface area (Å²) in [6.45, 7) is 1.90. The van der Waals surface area contributed by atoms with Crippen molar-refractivity contribution in [3.8, 4) is 0 Å². The van der Waals surface area contributed by atoms with Gasteiger partial charge in [-0.1, -0.05) is 48.5 Å². The monoisotopic (exact) mass is 344 g/mol. The van der Waals surface area contributed by atoms with Gasteiger partial charge in [-0.05, 0) is 30.5 Å². The Morgan fingerprint density at radius 2 is 1.75 bits per heavy atom. The number of hydrogen-bond acceptors (Lipinski definition) is 2. The van der Waals surface area contributed by atoms with E-state index in [1.54, 1.807) is 18.2 Å². The van der Waals surface area contributed by atoms with Gasteiger partial charge >= 0.3 is 6.03 Å². The Balaban J connectivity index is 2.09. The van der Waals surface area contributed by atoms with Gasteiger partial charge in [0.25, 0.3) is 0 Å². The molecule has 0 radical (unpaired) electrons. The van der Waals surface area contributed by atoms with Crippen LogP contribution >= 0.6 is 0 Å². The number of benzene rings is 2. The van der Waals surface area contributed by atoms with Crippen LogP contribution in [0.5, 0.6) is 0 Å². The molecule has 0 aliphatic rings. The number of urea groups is 1. The summed E-state index contributed by atoms with van der Waals surface area (Å²) in [6.07, 6.45) is 2.41. The van der Waals surface area contributed by atoms with Gasteiger partial charge in [0.05, 0.1) is 0 Å². The Kier molecular flexibility index (Phi) is 6.55. The van der Waals surface area contributed by atoms with E-state index >= 15 is 0 Å². The molecule has 0 heterocycles. The zero-order chi connectivity index (χ0) is 17.5. The number of hydrogen-bond donors (Lipinski definition) is 1. The van der Waals surface area contributed by atoms with Crippen molar-refractivity contribution in [2.75, 3.05) is 24.4 Å². The highest BCUT2D eigenvalue weighted by Gasteiger charge is 2.17. The van der Waals surface area contributed by atoms with E-state index in [1.165, 1.54) is 5.56 Å². The zero-order valence-corrected chi connectivity index (χ0v) is 15.2. The molecular weight excluding hydrogens is 320 g/mol. The zero-order valence-electron chi connectivity index (χ0n) is 14.4. The predicted octanol–water partition coefficient (Wildman–Crippen LogP) is 3.51. The molecule has 0 saturated carbocycles. The number of carbonyl (C=O) groups excluding carboxylic acids is 1. The van der Waals surface area contributed by atoms with E-state index in [-0.39, 0.29) is 12.1 Å². The fourth-order valence-corrected chi connectivity index (χ4v) is 3.37. The Labute approximate surface area is 146 Å². The van der Waals surface area contributed by atoms with Gasteiger partial charge < -0.3 is 10.2 Å². The average molecular weight is 344 g/mol. The van der Waals surface area contributed by atoms with Gasteiger partial charge in [0.15, 0.2) is 0 Å². The lowest BCUT2D eigenvalue weighted by molar-refractivity contribution is 0.212. The van der Waals surface area contributed by atoms with E-state index in [9.17, 15) is 9.00 Å². The highest BCUT2D eigenvalue weighted by Crippen LogP contribution is 2.19. The second-order valence-corrected chi connectivity index (χ2v) is 7.43. The average Bonchev–Trinajstić information content (AvgIpc) is 2.56. The molecule has 0 aliphatic carbocycles. The number of para-hydroxylation sites is 1. The van der Waals surface area contributed by atoms with E-state index in [1.807, 2.05) is 49.4 Å². The van der Waals surface area contributed by atoms with Crippen LogP contribution in [0, 0.1) is 0 Å². The SMILES string of the molecule is C[C@@H](C[S@](C)=O)N(C)C(=O)Nc1ccccc1Cc1ccccc1. The molecule has 2 aromatic carbocycles. The van der Waals surface area contributed by atoms with Crippen LogP contribution < -0.4 is 5.32 Å². The fourth-order valence-electron chi connectivity index (χ4n) is 2.47. The van der Waals surface area contributed by atoms with Gasteiger partial charge in [0.1, 0.15) is 0 Å². The molecule has 0 fully saturated rings. The third kappa shape index (κ3) is 5.20. The Morgan fingerprint density at radius 1 is 1.12 bits per heavy atom. The molecular formula is C19H24N2O2S. The number of amides is 2. The molecule has 24 heavy (non-hydrogen) atoms. The molecule has 5 heteroatoms. The Hall–Kier alpha value is -2.14. The van der Waals surface area contributed by atoms with Crippen LogP contribution in [0.1, 0.15) is 18.1 Å². The molecule has 0 bridgehead atoms. The van der Waals surface area contributed by atoms with Crippen molar-refractivity contribution in [1.82, 2.24) is 4.90 Å². The lowest BCUT2D eigenvalue weighted by atomic mass is 10.0. The highest BCUT2D eigenvalue weighted by atomic mass is 32.2. The maximum Gasteiger partial charge on any atom is 0.321 e. The largest absolute Gasteiger partial charge is 0.324 e. The van der Waals surface area contributed by atoms with Crippen molar-refractivity contribution in [1.29, 1.82) is 0 Å². The minimum absolute atomic E-state index is 0.0860. The number of nitrogens with one attached hydrogen (secondary N) is 1. The summed E-state index contributed by atoms with van der Waals surface area (Å²) in [7, 11) is 0.797. The Morgan fingerprint density at radius 3 is 2.42 bits per heavy atom. The van der Waals surface area contributed by atoms with Crippen LogP contribution in [0.15, 0.2) is 54.6 Å². The minimum Gasteiger partial charge on any atom is -0.324 e. The van der Waals surface area contributed by atoms with E-state index in [2.05, 4.69) is 17.4 Å². The summed E-state index contributed by atoms with van der Waals surface area (Å²) in [5.74, 6) is 0.468. The van der Waals surface area contributed by atoms with Gasteiger partial charge in [0, 0.05) is 41.6 Å². The predicted molar refractivity (Wildman–Crippen MR) is 101 cm³/mol. The smallest absolute Gasteiger partial charge is 0.321 e. The van der Waals surface area contributed by atoms with Crippen LogP contribution in [0.3, 0.4) is 0 Å². The first-order valence-electron chi connectivity index (χ1n) is 7.93. The second kappa shape index (κ2) is 8.64. The van der Waals surface area contributed by atoms with Crippen LogP contribution in [-0.4, -0.2) is 40.2 Å². The number of carbonyl (C=O) groups is 1. The van der Waals surface area contributed by atoms with Gasteiger partial charge in [0.2, 0.25) is 0 Å². The molecule has 2 aromatic rings. The van der Waals surface area contributed by atoms with Crippen molar-refractivity contribution in [3.63, 3.8) is 0 Å². The molecule has 128 valence electrons. The van der Waals surface area contributed by atoms with E-state index in [0.717, 1.165) is 17.7 Å². The molecule has 1 N–H and O–H groups in total. The number of rotatable bonds is 6. The van der Waals surface area contributed by atoms with Gasteiger partial charge in [-0.25, -0.2) is 4.79 Å². The van der Waals surface area contributed by atoms with Crippen LogP contribution in [0.25, 0.3) is 0 Å². The standard InChI is InChI=1S/C19H24N2O2S/c1-15(14-24(3)23)21(2)19(22)20-18-12-8-7-11-17(18)13-16-9-5-4-6-10-16/h4-12,15H,13-14H2,1-3H3,(H,20,22)/t15-,24-/m0/s1. The highest BCUT2D eigenvalue weighted by molar-refractivity contribution is 7.84. The minimum atomic E-state index is -0.932. The first-order chi connectivity index (χ1) is 11.5. The third-order valence-electron chi connectivity index (χ3n) is 3.95. The third-order valence-corrected chi connectivity index (χ3v) is 4.91. The first kappa shape index (κ1) is 18.2. The Bertz CT molecular complexity index is 704. The molecule has 2 amide bonds. The summed E-state index contributed by atoms with van der Waals surface area (Å²) in [4.78, 5) is 14.1. The van der Waals surface area contributed by atoms with Gasteiger partial charge in [-0.3, -0.25) is 4.21 Å². The molecule has 0 saturated heterocycles. The summed E-state index contributed by atoms with van der Waals surface area (Å²) >= 11 is 0. The quantitative estimate of drug-likeness (QED) is 0.872. The molecule has 0 spiro atoms. The molecule has 0 aliphatic heterocycles. The summed E-state index contributed by atoms with van der Waals surface area (Å²) < 4.78 is 11.3. The van der Waals surface area contributed by atoms with Crippen molar-refractivity contribution >= 4 is 22.5 Å². The molecule has 2 atom stereocenters. The maximum atomic E-state index is 12.5. The van der Waals surface area contributed by atoms with Crippen molar-refractivity contribution in [2.24, 2.45) is 0 Å². The van der Waals surface area contributed by atoms with Crippen molar-refractivity contribution in [3.05, 3.63) is 65.7 Å². The molecule has 4 nitrogen and oxygen atoms in total. The lowest BCUT2D eigenvalue weighted by Crippen LogP contribution is -2.41. The van der Waals surface area contributed by atoms with Crippen molar-refractivity contribution < 1.29 is 9.00 Å². The van der Waals surface area contributed by atoms with Crippen LogP contribution in [0.2, 0.25) is 0 Å². The van der Waals surface area contributed by atoms with E-state index < -0.39 is 10.8 Å². The topological polar surface area (TPSA) is 49.4 Å². The van der Waals surface area contributed by atoms with Crippen LogP contribution in [0.4, 0.5) is 10.5 Å². The molecule has 0 aromatic heterocycles. The summed E-state index contributed by atoms with van der Waals surface area (Å²) in [5, 5.41) is 2.97. The summed E-state index contributed by atoms with van der Waals surface area (Å²) in [5.41, 5.74) is 3.07. The molecule has 0 unspecified atom stereocenters. The normalized spacial score (nSPS) is 13.1. The van der Waals surface area contributed by atoms with Gasteiger partial charge in [-0.15, -0.1) is 0 Å². The van der Waals surface area contributed by atoms with Gasteiger partial charge in [-0.2, -0.15) is 0 Å². The summed E-state index contributed by atoms with van der Waals surface area (Å²) in [6, 6.07) is 17.7. The van der Waals surface area contributed by atoms with Crippen molar-refractivity contribution in [2.45, 2.75) is 19.4 Å². The molecule has 2 rings (SSSR count). The number of nitrogens with zero attached hydrogens (tertiary/aromatic N) is 1. The van der Waals surface area contributed by atoms with E-state index in [0.29, 0.717) is 5.75 Å². The first-order valence-corrected chi connectivity index (χ1v) is 9.65. The number of anilines is 1. The fraction of sp³-hybridized carbons (Fsp3) is 0.316. The lowest BCUT2D eigenvalue weighted by Gasteiger charge is -2.25. The van der Waals surface area contributed by atoms with Crippen LogP contribution in [-0.2, 0) is 17.2 Å².